The minimum atomic E-state index is 0.474. The average molecular weight is 193 g/mol. The Morgan fingerprint density at radius 1 is 1.57 bits per heavy atom. The maximum atomic E-state index is 5.85. The second kappa shape index (κ2) is 3.30. The van der Waals surface area contributed by atoms with Crippen LogP contribution in [0.4, 0.5) is 5.82 Å². The van der Waals surface area contributed by atoms with Crippen LogP contribution in [0.1, 0.15) is 56.7 Å². The normalized spacial score (nSPS) is 25.7. The molecule has 0 bridgehead atoms. The molecule has 0 unspecified atom stereocenters. The number of anilines is 1. The largest absolute Gasteiger partial charge is 0.382 e. The van der Waals surface area contributed by atoms with Gasteiger partial charge in [0.05, 0.1) is 0 Å². The van der Waals surface area contributed by atoms with Gasteiger partial charge in [0.1, 0.15) is 5.82 Å². The molecule has 2 atom stereocenters. The Hall–Kier alpha value is -0.990. The number of H-pyrrole nitrogens is 1. The Labute approximate surface area is 85.1 Å². The molecule has 1 aliphatic carbocycles. The zero-order valence-electron chi connectivity index (χ0n) is 9.17. The molecule has 0 spiro atoms. The number of aromatic amines is 1. The second-order valence-corrected chi connectivity index (χ2v) is 4.60. The molecule has 1 fully saturated rings. The highest BCUT2D eigenvalue weighted by Gasteiger charge is 2.40. The van der Waals surface area contributed by atoms with E-state index in [4.69, 9.17) is 5.73 Å². The van der Waals surface area contributed by atoms with Crippen molar-refractivity contribution in [3.8, 4) is 0 Å². The Bertz CT molecular complexity index is 327. The van der Waals surface area contributed by atoms with Crippen LogP contribution in [-0.4, -0.2) is 10.2 Å². The predicted molar refractivity (Wildman–Crippen MR) is 58.2 cm³/mol. The molecule has 1 aromatic rings. The van der Waals surface area contributed by atoms with E-state index in [-0.39, 0.29) is 0 Å². The van der Waals surface area contributed by atoms with Crippen molar-refractivity contribution in [1.29, 1.82) is 0 Å². The van der Waals surface area contributed by atoms with Crippen molar-refractivity contribution in [2.24, 2.45) is 5.92 Å². The van der Waals surface area contributed by atoms with Gasteiger partial charge in [0.2, 0.25) is 0 Å². The predicted octanol–water partition coefficient (Wildman–Crippen LogP) is 2.63. The Morgan fingerprint density at radius 3 is 2.79 bits per heavy atom. The van der Waals surface area contributed by atoms with E-state index >= 15 is 0 Å². The van der Waals surface area contributed by atoms with E-state index in [2.05, 4.69) is 31.0 Å². The van der Waals surface area contributed by atoms with Crippen molar-refractivity contribution in [2.45, 2.75) is 45.4 Å². The van der Waals surface area contributed by atoms with Gasteiger partial charge in [0.15, 0.2) is 0 Å². The van der Waals surface area contributed by atoms with Crippen molar-refractivity contribution in [3.05, 3.63) is 11.3 Å². The monoisotopic (exact) mass is 193 g/mol. The first-order valence-electron chi connectivity index (χ1n) is 5.48. The summed E-state index contributed by atoms with van der Waals surface area (Å²) >= 11 is 0. The summed E-state index contributed by atoms with van der Waals surface area (Å²) in [4.78, 5) is 0. The van der Waals surface area contributed by atoms with Crippen LogP contribution in [0, 0.1) is 5.92 Å². The molecule has 3 N–H and O–H groups in total. The Kier molecular flexibility index (Phi) is 2.25. The molecule has 78 valence electrons. The van der Waals surface area contributed by atoms with Gasteiger partial charge in [-0.1, -0.05) is 27.2 Å². The van der Waals surface area contributed by atoms with E-state index in [0.29, 0.717) is 17.7 Å². The van der Waals surface area contributed by atoms with Crippen LogP contribution < -0.4 is 5.73 Å². The fraction of sp³-hybridized carbons (Fsp3) is 0.727. The van der Waals surface area contributed by atoms with E-state index in [9.17, 15) is 0 Å². The van der Waals surface area contributed by atoms with Crippen LogP contribution in [0.15, 0.2) is 0 Å². The van der Waals surface area contributed by atoms with Gasteiger partial charge in [-0.25, -0.2) is 0 Å². The number of hydrogen-bond acceptors (Lipinski definition) is 2. The Morgan fingerprint density at radius 2 is 2.29 bits per heavy atom. The van der Waals surface area contributed by atoms with Crippen molar-refractivity contribution in [1.82, 2.24) is 10.2 Å². The van der Waals surface area contributed by atoms with Crippen LogP contribution in [-0.2, 0) is 0 Å². The van der Waals surface area contributed by atoms with Gasteiger partial charge in [-0.2, -0.15) is 5.10 Å². The van der Waals surface area contributed by atoms with E-state index in [0.717, 1.165) is 5.92 Å². The van der Waals surface area contributed by atoms with Crippen LogP contribution in [0.5, 0.6) is 0 Å². The van der Waals surface area contributed by atoms with Crippen molar-refractivity contribution in [2.75, 3.05) is 5.73 Å². The summed E-state index contributed by atoms with van der Waals surface area (Å²) < 4.78 is 0. The van der Waals surface area contributed by atoms with Gasteiger partial charge in [-0.15, -0.1) is 0 Å². The fourth-order valence-corrected chi connectivity index (χ4v) is 2.32. The number of nitrogen functional groups attached to an aromatic ring is 1. The van der Waals surface area contributed by atoms with Crippen LogP contribution >= 0.6 is 0 Å². The number of nitrogens with zero attached hydrogens (tertiary/aromatic N) is 1. The zero-order valence-corrected chi connectivity index (χ0v) is 9.17. The fourth-order valence-electron chi connectivity index (χ4n) is 2.32. The second-order valence-electron chi connectivity index (χ2n) is 4.60. The molecule has 0 aliphatic heterocycles. The summed E-state index contributed by atoms with van der Waals surface area (Å²) in [6.07, 6.45) is 2.57. The molecule has 3 heteroatoms. The van der Waals surface area contributed by atoms with Crippen molar-refractivity contribution < 1.29 is 0 Å². The number of rotatable bonds is 3. The molecular weight excluding hydrogens is 174 g/mol. The molecule has 1 saturated carbocycles. The smallest absolute Gasteiger partial charge is 0.148 e. The Balaban J connectivity index is 2.26. The SMILES string of the molecule is CC[C@@H]1C[C@H]1c1[nH]nc(N)c1C(C)C. The van der Waals surface area contributed by atoms with Crippen LogP contribution in [0.3, 0.4) is 0 Å². The zero-order chi connectivity index (χ0) is 10.3. The molecule has 0 aromatic carbocycles. The quantitative estimate of drug-likeness (QED) is 0.775. The lowest BCUT2D eigenvalue weighted by Gasteiger charge is -2.06. The van der Waals surface area contributed by atoms with Crippen molar-refractivity contribution in [3.63, 3.8) is 0 Å². The van der Waals surface area contributed by atoms with E-state index < -0.39 is 0 Å². The van der Waals surface area contributed by atoms with Gasteiger partial charge in [0, 0.05) is 17.2 Å². The highest BCUT2D eigenvalue weighted by Crippen LogP contribution is 2.51. The first-order valence-corrected chi connectivity index (χ1v) is 5.48. The lowest BCUT2D eigenvalue weighted by Crippen LogP contribution is -1.97. The van der Waals surface area contributed by atoms with E-state index in [1.165, 1.54) is 24.1 Å². The van der Waals surface area contributed by atoms with Crippen LogP contribution in [0.25, 0.3) is 0 Å². The number of nitrogens with one attached hydrogen (secondary N) is 1. The standard InChI is InChI=1S/C11H19N3/c1-4-7-5-8(7)10-9(6(2)3)11(12)14-13-10/h6-8H,4-5H2,1-3H3,(H3,12,13,14)/t7-,8-/m1/s1. The summed E-state index contributed by atoms with van der Waals surface area (Å²) in [5.74, 6) is 2.72. The van der Waals surface area contributed by atoms with Gasteiger partial charge in [-0.3, -0.25) is 5.10 Å². The lowest BCUT2D eigenvalue weighted by atomic mass is 10.00. The maximum absolute atomic E-state index is 5.85. The highest BCUT2D eigenvalue weighted by atomic mass is 15.2. The topological polar surface area (TPSA) is 54.7 Å². The van der Waals surface area contributed by atoms with Crippen molar-refractivity contribution >= 4 is 5.82 Å². The highest BCUT2D eigenvalue weighted by molar-refractivity contribution is 5.46. The van der Waals surface area contributed by atoms with Crippen LogP contribution in [0.2, 0.25) is 0 Å². The minimum Gasteiger partial charge on any atom is -0.382 e. The number of hydrogen-bond donors (Lipinski definition) is 2. The third-order valence-corrected chi connectivity index (χ3v) is 3.26. The first-order chi connectivity index (χ1) is 6.65. The molecule has 3 nitrogen and oxygen atoms in total. The molecular formula is C11H19N3. The van der Waals surface area contributed by atoms with Gasteiger partial charge in [-0.05, 0) is 18.3 Å². The summed E-state index contributed by atoms with van der Waals surface area (Å²) in [6, 6.07) is 0. The molecule has 14 heavy (non-hydrogen) atoms. The molecule has 0 saturated heterocycles. The first kappa shape index (κ1) is 9.56. The summed E-state index contributed by atoms with van der Waals surface area (Å²) in [5, 5.41) is 7.23. The maximum Gasteiger partial charge on any atom is 0.148 e. The molecule has 0 amide bonds. The van der Waals surface area contributed by atoms with Gasteiger partial charge >= 0.3 is 0 Å². The number of aromatic nitrogens is 2. The summed E-state index contributed by atoms with van der Waals surface area (Å²) in [7, 11) is 0. The minimum absolute atomic E-state index is 0.474. The molecule has 1 aliphatic rings. The third-order valence-electron chi connectivity index (χ3n) is 3.26. The summed E-state index contributed by atoms with van der Waals surface area (Å²) in [6.45, 7) is 6.60. The van der Waals surface area contributed by atoms with E-state index in [1.54, 1.807) is 0 Å². The van der Waals surface area contributed by atoms with Gasteiger partial charge < -0.3 is 5.73 Å². The number of nitrogens with two attached hydrogens (primary N) is 1. The average Bonchev–Trinajstić information content (AvgIpc) is 2.82. The molecule has 1 aromatic heterocycles. The molecule has 2 rings (SSSR count). The lowest BCUT2D eigenvalue weighted by molar-refractivity contribution is 0.742. The van der Waals surface area contributed by atoms with Gasteiger partial charge in [0.25, 0.3) is 0 Å². The molecule has 0 radical (unpaired) electrons. The third kappa shape index (κ3) is 1.41. The molecule has 1 heterocycles. The summed E-state index contributed by atoms with van der Waals surface area (Å²) in [5.41, 5.74) is 8.39. The van der Waals surface area contributed by atoms with E-state index in [1.807, 2.05) is 0 Å².